The van der Waals surface area contributed by atoms with Crippen LogP contribution in [0.3, 0.4) is 0 Å². The third-order valence-electron chi connectivity index (χ3n) is 2.86. The van der Waals surface area contributed by atoms with Gasteiger partial charge in [0.1, 0.15) is 5.75 Å². The number of nitrogen functional groups attached to an aromatic ring is 1. The van der Waals surface area contributed by atoms with Crippen molar-refractivity contribution in [2.24, 2.45) is 0 Å². The average molecular weight is 276 g/mol. The van der Waals surface area contributed by atoms with Gasteiger partial charge in [-0.25, -0.2) is 0 Å². The van der Waals surface area contributed by atoms with E-state index in [2.05, 4.69) is 5.32 Å². The number of ether oxygens (including phenoxy) is 1. The Balaban J connectivity index is 2.23. The zero-order chi connectivity index (χ0) is 14.0. The first-order chi connectivity index (χ1) is 9.01. The van der Waals surface area contributed by atoms with Crippen LogP contribution in [0.25, 0.3) is 0 Å². The molecule has 4 nitrogen and oxygen atoms in total. The van der Waals surface area contributed by atoms with Crippen molar-refractivity contribution < 1.29 is 9.53 Å². The van der Waals surface area contributed by atoms with E-state index in [-0.39, 0.29) is 5.91 Å². The van der Waals surface area contributed by atoms with Crippen LogP contribution in [0.1, 0.15) is 20.1 Å². The van der Waals surface area contributed by atoms with Gasteiger partial charge in [0.15, 0.2) is 0 Å². The van der Waals surface area contributed by atoms with Crippen LogP contribution in [0, 0.1) is 13.8 Å². The van der Waals surface area contributed by atoms with Gasteiger partial charge in [0.2, 0.25) is 0 Å². The van der Waals surface area contributed by atoms with Crippen molar-refractivity contribution in [3.63, 3.8) is 0 Å². The van der Waals surface area contributed by atoms with Crippen LogP contribution >= 0.6 is 11.3 Å². The number of nitrogens with one attached hydrogen (secondary N) is 1. The molecule has 0 unspecified atom stereocenters. The summed E-state index contributed by atoms with van der Waals surface area (Å²) in [7, 11) is 1.55. The number of hydrogen-bond acceptors (Lipinski definition) is 4. The monoisotopic (exact) mass is 276 g/mol. The normalized spacial score (nSPS) is 10.3. The largest absolute Gasteiger partial charge is 0.494 e. The highest BCUT2D eigenvalue weighted by molar-refractivity contribution is 7.14. The Morgan fingerprint density at radius 3 is 2.63 bits per heavy atom. The molecule has 0 saturated heterocycles. The first-order valence-electron chi connectivity index (χ1n) is 5.83. The van der Waals surface area contributed by atoms with Crippen molar-refractivity contribution in [3.8, 4) is 5.75 Å². The predicted octanol–water partition coefficient (Wildman–Crippen LogP) is 3.21. The van der Waals surface area contributed by atoms with Gasteiger partial charge in [-0.15, -0.1) is 11.3 Å². The van der Waals surface area contributed by atoms with Crippen molar-refractivity contribution >= 4 is 28.6 Å². The number of rotatable bonds is 3. The number of carbonyl (C=O) groups is 1. The Labute approximate surface area is 116 Å². The maximum Gasteiger partial charge on any atom is 0.265 e. The Bertz CT molecular complexity index is 600. The summed E-state index contributed by atoms with van der Waals surface area (Å²) in [4.78, 5) is 14.0. The number of amides is 1. The fourth-order valence-electron chi connectivity index (χ4n) is 1.68. The molecule has 0 spiro atoms. The van der Waals surface area contributed by atoms with E-state index >= 15 is 0 Å². The lowest BCUT2D eigenvalue weighted by molar-refractivity contribution is 0.103. The maximum atomic E-state index is 12.1. The van der Waals surface area contributed by atoms with Gasteiger partial charge in [-0.1, -0.05) is 0 Å². The molecule has 0 radical (unpaired) electrons. The van der Waals surface area contributed by atoms with Gasteiger partial charge in [-0.05, 0) is 37.6 Å². The number of aryl methyl sites for hydroxylation is 2. The standard InChI is InChI=1S/C14H16N2O2S/c1-8-6-13(19-9(8)2)14(17)16-11-5-4-10(15)7-12(11)18-3/h4-7H,15H2,1-3H3,(H,16,17). The Morgan fingerprint density at radius 1 is 1.32 bits per heavy atom. The average Bonchev–Trinajstić information content (AvgIpc) is 2.72. The van der Waals surface area contributed by atoms with Crippen molar-refractivity contribution in [1.29, 1.82) is 0 Å². The van der Waals surface area contributed by atoms with Crippen LogP contribution in [0.2, 0.25) is 0 Å². The van der Waals surface area contributed by atoms with Crippen molar-refractivity contribution in [1.82, 2.24) is 0 Å². The first kappa shape index (κ1) is 13.4. The molecule has 3 N–H and O–H groups in total. The number of nitrogens with two attached hydrogens (primary N) is 1. The maximum absolute atomic E-state index is 12.1. The molecular weight excluding hydrogens is 260 g/mol. The van der Waals surface area contributed by atoms with E-state index in [9.17, 15) is 4.79 Å². The number of carbonyl (C=O) groups excluding carboxylic acids is 1. The van der Waals surface area contributed by atoms with Gasteiger partial charge in [-0.3, -0.25) is 4.79 Å². The molecule has 0 saturated carbocycles. The predicted molar refractivity (Wildman–Crippen MR) is 79.2 cm³/mol. The second-order valence-electron chi connectivity index (χ2n) is 4.26. The molecule has 0 fully saturated rings. The minimum absolute atomic E-state index is 0.135. The molecule has 2 aromatic rings. The van der Waals surface area contributed by atoms with E-state index < -0.39 is 0 Å². The highest BCUT2D eigenvalue weighted by atomic mass is 32.1. The zero-order valence-electron chi connectivity index (χ0n) is 11.1. The van der Waals surface area contributed by atoms with E-state index in [0.29, 0.717) is 22.0 Å². The molecule has 0 aliphatic rings. The molecule has 0 aliphatic heterocycles. The summed E-state index contributed by atoms with van der Waals surface area (Å²) in [6.45, 7) is 3.99. The summed E-state index contributed by atoms with van der Waals surface area (Å²) >= 11 is 1.48. The zero-order valence-corrected chi connectivity index (χ0v) is 11.9. The summed E-state index contributed by atoms with van der Waals surface area (Å²) in [5, 5.41) is 2.84. The summed E-state index contributed by atoms with van der Waals surface area (Å²) in [6, 6.07) is 7.03. The third-order valence-corrected chi connectivity index (χ3v) is 4.01. The third kappa shape index (κ3) is 2.88. The molecule has 1 amide bonds. The molecule has 0 bridgehead atoms. The molecule has 5 heteroatoms. The second-order valence-corrected chi connectivity index (χ2v) is 5.52. The summed E-state index contributed by atoms with van der Waals surface area (Å²) < 4.78 is 5.20. The SMILES string of the molecule is COc1cc(N)ccc1NC(=O)c1cc(C)c(C)s1. The summed E-state index contributed by atoms with van der Waals surface area (Å²) in [5.41, 5.74) is 8.01. The van der Waals surface area contributed by atoms with Crippen LogP contribution in [0.15, 0.2) is 24.3 Å². The Morgan fingerprint density at radius 2 is 2.05 bits per heavy atom. The molecule has 0 aliphatic carbocycles. The van der Waals surface area contributed by atoms with Crippen LogP contribution in [0.5, 0.6) is 5.75 Å². The number of methoxy groups -OCH3 is 1. The summed E-state index contributed by atoms with van der Waals surface area (Å²) in [5.74, 6) is 0.419. The number of anilines is 2. The fourth-order valence-corrected chi connectivity index (χ4v) is 2.61. The quantitative estimate of drug-likeness (QED) is 0.846. The summed E-state index contributed by atoms with van der Waals surface area (Å²) in [6.07, 6.45) is 0. The highest BCUT2D eigenvalue weighted by Crippen LogP contribution is 2.28. The molecular formula is C14H16N2O2S. The van der Waals surface area contributed by atoms with E-state index in [0.717, 1.165) is 10.4 Å². The topological polar surface area (TPSA) is 64.3 Å². The lowest BCUT2D eigenvalue weighted by Gasteiger charge is -2.10. The van der Waals surface area contributed by atoms with E-state index in [1.807, 2.05) is 19.9 Å². The van der Waals surface area contributed by atoms with Crippen LogP contribution in [0.4, 0.5) is 11.4 Å². The molecule has 1 heterocycles. The number of benzene rings is 1. The van der Waals surface area contributed by atoms with E-state index in [4.69, 9.17) is 10.5 Å². The molecule has 2 rings (SSSR count). The fraction of sp³-hybridized carbons (Fsp3) is 0.214. The molecule has 1 aromatic heterocycles. The van der Waals surface area contributed by atoms with Gasteiger partial charge in [-0.2, -0.15) is 0 Å². The van der Waals surface area contributed by atoms with Gasteiger partial charge in [0.05, 0.1) is 17.7 Å². The second kappa shape index (κ2) is 5.32. The number of hydrogen-bond donors (Lipinski definition) is 2. The van der Waals surface area contributed by atoms with Gasteiger partial charge in [0.25, 0.3) is 5.91 Å². The van der Waals surface area contributed by atoms with Crippen molar-refractivity contribution in [2.75, 3.05) is 18.2 Å². The first-order valence-corrected chi connectivity index (χ1v) is 6.65. The van der Waals surface area contributed by atoms with Crippen LogP contribution in [-0.4, -0.2) is 13.0 Å². The Kier molecular flexibility index (Phi) is 3.76. The van der Waals surface area contributed by atoms with Crippen LogP contribution in [-0.2, 0) is 0 Å². The van der Waals surface area contributed by atoms with Gasteiger partial charge in [0, 0.05) is 16.6 Å². The molecule has 100 valence electrons. The molecule has 19 heavy (non-hydrogen) atoms. The molecule has 1 aromatic carbocycles. The van der Waals surface area contributed by atoms with E-state index in [1.165, 1.54) is 11.3 Å². The van der Waals surface area contributed by atoms with Crippen molar-refractivity contribution in [3.05, 3.63) is 39.6 Å². The van der Waals surface area contributed by atoms with Gasteiger partial charge < -0.3 is 15.8 Å². The molecule has 0 atom stereocenters. The van der Waals surface area contributed by atoms with Crippen LogP contribution < -0.4 is 15.8 Å². The lowest BCUT2D eigenvalue weighted by Crippen LogP contribution is -2.11. The minimum Gasteiger partial charge on any atom is -0.494 e. The number of thiophene rings is 1. The lowest BCUT2D eigenvalue weighted by atomic mass is 10.2. The van der Waals surface area contributed by atoms with E-state index in [1.54, 1.807) is 25.3 Å². The minimum atomic E-state index is -0.135. The smallest absolute Gasteiger partial charge is 0.265 e. The Hall–Kier alpha value is -2.01. The van der Waals surface area contributed by atoms with Crippen molar-refractivity contribution in [2.45, 2.75) is 13.8 Å². The van der Waals surface area contributed by atoms with Gasteiger partial charge >= 0.3 is 0 Å². The highest BCUT2D eigenvalue weighted by Gasteiger charge is 2.13.